The molecule has 0 N–H and O–H groups in total. The molecule has 0 aliphatic carbocycles. The number of benzene rings is 1. The van der Waals surface area contributed by atoms with Crippen molar-refractivity contribution in [1.82, 2.24) is 29.9 Å². The van der Waals surface area contributed by atoms with Crippen LogP contribution in [0.25, 0.3) is 22.8 Å². The van der Waals surface area contributed by atoms with Crippen molar-refractivity contribution in [2.45, 2.75) is 25.6 Å². The molecule has 0 amide bonds. The first-order valence-corrected chi connectivity index (χ1v) is 9.21. The summed E-state index contributed by atoms with van der Waals surface area (Å²) < 4.78 is 21.7. The van der Waals surface area contributed by atoms with Gasteiger partial charge in [0.15, 0.2) is 11.6 Å². The van der Waals surface area contributed by atoms with Crippen molar-refractivity contribution in [3.63, 3.8) is 0 Å². The topological polar surface area (TPSA) is 82.5 Å². The monoisotopic (exact) mass is 396 g/mol. The van der Waals surface area contributed by atoms with Crippen LogP contribution in [0.15, 0.2) is 47.1 Å². The van der Waals surface area contributed by atoms with E-state index in [0.717, 1.165) is 11.1 Å². The van der Waals surface area contributed by atoms with Gasteiger partial charge < -0.3 is 8.98 Å². The molecular weight excluding hydrogens is 379 g/mol. The van der Waals surface area contributed by atoms with Crippen LogP contribution in [-0.2, 0) is 6.54 Å². The molecule has 0 radical (unpaired) electrons. The zero-order chi connectivity index (χ0) is 19.7. The lowest BCUT2D eigenvalue weighted by atomic mass is 10.1. The number of pyridine rings is 1. The van der Waals surface area contributed by atoms with Crippen molar-refractivity contribution in [2.75, 3.05) is 0 Å². The minimum atomic E-state index is -0.600. The van der Waals surface area contributed by atoms with E-state index in [1.807, 2.05) is 30.5 Å². The summed E-state index contributed by atoms with van der Waals surface area (Å²) in [5.41, 5.74) is 2.05. The summed E-state index contributed by atoms with van der Waals surface area (Å²) in [5.74, 6) is 1.17. The Morgan fingerprint density at radius 2 is 1.89 bits per heavy atom. The number of aromatic nitrogens is 6. The van der Waals surface area contributed by atoms with Crippen LogP contribution in [0.4, 0.5) is 4.39 Å². The molecule has 0 aliphatic rings. The highest BCUT2D eigenvalue weighted by atomic mass is 32.1. The number of aryl methyl sites for hydroxylation is 1. The fraction of sp³-hybridized carbons (Fsp3) is 0.211. The summed E-state index contributed by atoms with van der Waals surface area (Å²) in [7, 11) is 0. The molecule has 0 fully saturated rings. The molecule has 0 saturated heterocycles. The van der Waals surface area contributed by atoms with Crippen molar-refractivity contribution < 1.29 is 8.81 Å². The van der Waals surface area contributed by atoms with E-state index in [1.54, 1.807) is 24.5 Å². The van der Waals surface area contributed by atoms with E-state index in [9.17, 15) is 4.39 Å². The van der Waals surface area contributed by atoms with E-state index in [1.165, 1.54) is 6.07 Å². The van der Waals surface area contributed by atoms with Gasteiger partial charge in [0.1, 0.15) is 11.1 Å². The van der Waals surface area contributed by atoms with Gasteiger partial charge in [0.25, 0.3) is 5.89 Å². The van der Waals surface area contributed by atoms with E-state index in [2.05, 4.69) is 38.0 Å². The van der Waals surface area contributed by atoms with Gasteiger partial charge in [-0.05, 0) is 38.1 Å². The first-order chi connectivity index (χ1) is 13.6. The standard InChI is InChI=1S/C19H17FN6OS/c1-3-26-16(12-6-8-21-9-7-12)22-23-17(26)15(28)19-25-24-18(27-19)13-10-11(2)4-5-14(13)20/h4-10,15,28H,3H2,1-2H3. The first-order valence-electron chi connectivity index (χ1n) is 8.70. The van der Waals surface area contributed by atoms with Gasteiger partial charge in [-0.1, -0.05) is 11.6 Å². The number of hydrogen-bond acceptors (Lipinski definition) is 7. The lowest BCUT2D eigenvalue weighted by Crippen LogP contribution is -2.07. The highest BCUT2D eigenvalue weighted by molar-refractivity contribution is 7.80. The Bertz CT molecular complexity index is 1110. The number of nitrogens with zero attached hydrogens (tertiary/aromatic N) is 6. The molecule has 4 aromatic rings. The third-order valence-corrected chi connectivity index (χ3v) is 4.76. The Balaban J connectivity index is 1.69. The van der Waals surface area contributed by atoms with Gasteiger partial charge >= 0.3 is 0 Å². The normalized spacial score (nSPS) is 12.3. The summed E-state index contributed by atoms with van der Waals surface area (Å²) in [6, 6.07) is 8.44. The molecule has 1 atom stereocenters. The van der Waals surface area contributed by atoms with E-state index >= 15 is 0 Å². The third kappa shape index (κ3) is 3.29. The molecule has 0 spiro atoms. The third-order valence-electron chi connectivity index (χ3n) is 4.31. The van der Waals surface area contributed by atoms with Gasteiger partial charge in [-0.25, -0.2) is 4.39 Å². The Hall–Kier alpha value is -3.07. The fourth-order valence-electron chi connectivity index (χ4n) is 2.91. The van der Waals surface area contributed by atoms with Gasteiger partial charge in [-0.3, -0.25) is 4.98 Å². The van der Waals surface area contributed by atoms with Gasteiger partial charge in [0.05, 0.1) is 5.56 Å². The Morgan fingerprint density at radius 1 is 1.11 bits per heavy atom. The van der Waals surface area contributed by atoms with Gasteiger partial charge in [0.2, 0.25) is 5.89 Å². The fourth-order valence-corrected chi connectivity index (χ4v) is 3.21. The highest BCUT2D eigenvalue weighted by Crippen LogP contribution is 2.31. The molecule has 3 aromatic heterocycles. The predicted octanol–water partition coefficient (Wildman–Crippen LogP) is 3.88. The van der Waals surface area contributed by atoms with E-state index < -0.39 is 11.1 Å². The van der Waals surface area contributed by atoms with Crippen LogP contribution in [0, 0.1) is 12.7 Å². The molecule has 0 saturated carbocycles. The Morgan fingerprint density at radius 3 is 2.64 bits per heavy atom. The number of thiol groups is 1. The van der Waals surface area contributed by atoms with Crippen LogP contribution >= 0.6 is 12.6 Å². The minimum Gasteiger partial charge on any atom is -0.419 e. The largest absolute Gasteiger partial charge is 0.419 e. The van der Waals surface area contributed by atoms with Crippen LogP contribution in [0.3, 0.4) is 0 Å². The second-order valence-electron chi connectivity index (χ2n) is 6.19. The zero-order valence-electron chi connectivity index (χ0n) is 15.2. The summed E-state index contributed by atoms with van der Waals surface area (Å²) in [6.07, 6.45) is 3.39. The molecular formula is C19H17FN6OS. The molecule has 0 bridgehead atoms. The van der Waals surface area contributed by atoms with Gasteiger partial charge in [-0.2, -0.15) is 12.6 Å². The summed E-state index contributed by atoms with van der Waals surface area (Å²) in [4.78, 5) is 4.02. The number of halogens is 1. The second kappa shape index (κ2) is 7.51. The molecule has 3 heterocycles. The van der Waals surface area contributed by atoms with Crippen LogP contribution in [-0.4, -0.2) is 29.9 Å². The number of rotatable bonds is 5. The quantitative estimate of drug-likeness (QED) is 0.516. The van der Waals surface area contributed by atoms with E-state index in [4.69, 9.17) is 4.42 Å². The summed E-state index contributed by atoms with van der Waals surface area (Å²) in [6.45, 7) is 4.48. The van der Waals surface area contributed by atoms with E-state index in [0.29, 0.717) is 18.2 Å². The SMILES string of the molecule is CCn1c(-c2ccncc2)nnc1C(S)c1nnc(-c2cc(C)ccc2F)o1. The summed E-state index contributed by atoms with van der Waals surface area (Å²) in [5, 5.41) is 16.0. The Kier molecular flexibility index (Phi) is 4.91. The smallest absolute Gasteiger partial charge is 0.250 e. The maximum absolute atomic E-state index is 14.1. The van der Waals surface area contributed by atoms with Crippen LogP contribution in [0.2, 0.25) is 0 Å². The molecule has 0 aliphatic heterocycles. The van der Waals surface area contributed by atoms with Crippen LogP contribution in [0.5, 0.6) is 0 Å². The molecule has 142 valence electrons. The highest BCUT2D eigenvalue weighted by Gasteiger charge is 2.25. The lowest BCUT2D eigenvalue weighted by Gasteiger charge is -2.10. The van der Waals surface area contributed by atoms with Crippen molar-refractivity contribution in [3.8, 4) is 22.8 Å². The average Bonchev–Trinajstić information content (AvgIpc) is 3.37. The molecule has 28 heavy (non-hydrogen) atoms. The van der Waals surface area contributed by atoms with Crippen LogP contribution in [0.1, 0.15) is 29.5 Å². The average molecular weight is 396 g/mol. The molecule has 1 aromatic carbocycles. The summed E-state index contributed by atoms with van der Waals surface area (Å²) >= 11 is 4.60. The maximum atomic E-state index is 14.1. The second-order valence-corrected chi connectivity index (χ2v) is 6.71. The van der Waals surface area contributed by atoms with Gasteiger partial charge in [-0.15, -0.1) is 20.4 Å². The van der Waals surface area contributed by atoms with Crippen molar-refractivity contribution in [1.29, 1.82) is 0 Å². The van der Waals surface area contributed by atoms with Crippen molar-refractivity contribution in [2.24, 2.45) is 0 Å². The lowest BCUT2D eigenvalue weighted by molar-refractivity contribution is 0.501. The van der Waals surface area contributed by atoms with Crippen molar-refractivity contribution >= 4 is 12.6 Å². The molecule has 1 unspecified atom stereocenters. The minimum absolute atomic E-state index is 0.104. The molecule has 9 heteroatoms. The van der Waals surface area contributed by atoms with Crippen molar-refractivity contribution in [3.05, 3.63) is 65.8 Å². The molecule has 7 nitrogen and oxygen atoms in total. The maximum Gasteiger partial charge on any atom is 0.250 e. The Labute approximate surface area is 166 Å². The number of hydrogen-bond donors (Lipinski definition) is 1. The first kappa shape index (κ1) is 18.3. The van der Waals surface area contributed by atoms with Gasteiger partial charge in [0, 0.05) is 24.5 Å². The van der Waals surface area contributed by atoms with Crippen LogP contribution < -0.4 is 0 Å². The predicted molar refractivity (Wildman–Crippen MR) is 104 cm³/mol. The van der Waals surface area contributed by atoms with E-state index in [-0.39, 0.29) is 17.3 Å². The molecule has 4 rings (SSSR count). The zero-order valence-corrected chi connectivity index (χ0v) is 16.1.